The summed E-state index contributed by atoms with van der Waals surface area (Å²) in [5.74, 6) is -2.51. The van der Waals surface area contributed by atoms with E-state index in [9.17, 15) is 19.2 Å². The summed E-state index contributed by atoms with van der Waals surface area (Å²) in [6.45, 7) is 6.98. The molecular formula is C19H29NO8S. The van der Waals surface area contributed by atoms with Gasteiger partial charge in [-0.15, -0.1) is 0 Å². The lowest BCUT2D eigenvalue weighted by Gasteiger charge is -2.35. The predicted octanol–water partition coefficient (Wildman–Crippen LogP) is 2.40. The van der Waals surface area contributed by atoms with Crippen molar-refractivity contribution in [3.05, 3.63) is 0 Å². The Kier molecular flexibility index (Phi) is 13.5. The maximum Gasteiger partial charge on any atom is 0.303 e. The molecule has 0 aliphatic carbocycles. The number of thiocarbonyl (C=S) groups is 1. The Labute approximate surface area is 176 Å². The van der Waals surface area contributed by atoms with Gasteiger partial charge < -0.3 is 18.9 Å². The third-order valence-corrected chi connectivity index (χ3v) is 3.82. The van der Waals surface area contributed by atoms with Crippen LogP contribution < -0.4 is 0 Å². The van der Waals surface area contributed by atoms with Gasteiger partial charge in [0.1, 0.15) is 12.2 Å². The van der Waals surface area contributed by atoms with Crippen LogP contribution in [0, 0.1) is 0 Å². The van der Waals surface area contributed by atoms with Gasteiger partial charge in [0.25, 0.3) is 0 Å². The first kappa shape index (κ1) is 26.7. The van der Waals surface area contributed by atoms with Crippen LogP contribution in [-0.2, 0) is 38.1 Å². The van der Waals surface area contributed by atoms with Gasteiger partial charge in [-0.05, 0) is 31.5 Å². The van der Waals surface area contributed by atoms with E-state index in [1.165, 1.54) is 27.7 Å². The van der Waals surface area contributed by atoms with E-state index in [-0.39, 0.29) is 6.42 Å². The van der Waals surface area contributed by atoms with Crippen LogP contribution >= 0.6 is 12.2 Å². The van der Waals surface area contributed by atoms with Gasteiger partial charge >= 0.3 is 23.9 Å². The molecule has 0 fully saturated rings. The highest BCUT2D eigenvalue weighted by atomic mass is 32.1. The van der Waals surface area contributed by atoms with Crippen molar-refractivity contribution in [3.8, 4) is 0 Å². The second kappa shape index (κ2) is 14.6. The smallest absolute Gasteiger partial charge is 0.303 e. The van der Waals surface area contributed by atoms with E-state index in [0.717, 1.165) is 0 Å². The van der Waals surface area contributed by atoms with Crippen molar-refractivity contribution in [3.63, 3.8) is 0 Å². The molecule has 0 saturated carbocycles. The summed E-state index contributed by atoms with van der Waals surface area (Å²) >= 11 is 4.52. The maximum absolute atomic E-state index is 11.8. The zero-order chi connectivity index (χ0) is 22.4. The summed E-state index contributed by atoms with van der Waals surface area (Å²) < 4.78 is 21.5. The number of nitrogens with zero attached hydrogens (tertiary/aromatic N) is 1. The lowest BCUT2D eigenvalue weighted by atomic mass is 9.96. The molecule has 0 amide bonds. The zero-order valence-electron chi connectivity index (χ0n) is 17.5. The normalized spacial score (nSPS) is 14.4. The fourth-order valence-corrected chi connectivity index (χ4v) is 2.89. The van der Waals surface area contributed by atoms with E-state index in [4.69, 9.17) is 18.9 Å². The van der Waals surface area contributed by atoms with Crippen LogP contribution in [0.5, 0.6) is 0 Å². The highest BCUT2D eigenvalue weighted by Gasteiger charge is 2.42. The van der Waals surface area contributed by atoms with E-state index in [1.54, 1.807) is 0 Å². The topological polar surface area (TPSA) is 118 Å². The van der Waals surface area contributed by atoms with E-state index >= 15 is 0 Å². The first-order valence-corrected chi connectivity index (χ1v) is 9.75. The summed E-state index contributed by atoms with van der Waals surface area (Å²) in [6.07, 6.45) is -2.53. The molecule has 0 saturated heterocycles. The highest BCUT2D eigenvalue weighted by Crippen LogP contribution is 2.24. The lowest BCUT2D eigenvalue weighted by Crippen LogP contribution is -2.51. The molecule has 10 heteroatoms. The number of rotatable bonds is 13. The summed E-state index contributed by atoms with van der Waals surface area (Å²) in [6, 6.07) is 0. The van der Waals surface area contributed by atoms with Crippen LogP contribution in [0.2, 0.25) is 0 Å². The summed E-state index contributed by atoms with van der Waals surface area (Å²) in [7, 11) is 0. The minimum atomic E-state index is -1.17. The van der Waals surface area contributed by atoms with Gasteiger partial charge in [-0.2, -0.15) is 0 Å². The van der Waals surface area contributed by atoms with Crippen LogP contribution in [0.4, 0.5) is 0 Å². The molecule has 0 aliphatic heterocycles. The molecule has 0 spiro atoms. The molecule has 4 unspecified atom stereocenters. The molecular weight excluding hydrogens is 402 g/mol. The maximum atomic E-state index is 11.8. The first-order valence-electron chi connectivity index (χ1n) is 9.34. The van der Waals surface area contributed by atoms with Crippen molar-refractivity contribution < 1.29 is 38.1 Å². The Morgan fingerprint density at radius 3 is 1.55 bits per heavy atom. The molecule has 164 valence electrons. The fourth-order valence-electron chi connectivity index (χ4n) is 2.80. The third-order valence-electron chi connectivity index (χ3n) is 3.69. The molecule has 0 aliphatic rings. The Bertz CT molecular complexity index is 617. The largest absolute Gasteiger partial charge is 0.458 e. The average molecular weight is 432 g/mol. The molecule has 0 aromatic carbocycles. The third kappa shape index (κ3) is 12.0. The number of carbonyl (C=O) groups is 4. The second-order valence-corrected chi connectivity index (χ2v) is 6.53. The van der Waals surface area contributed by atoms with Crippen molar-refractivity contribution in [2.24, 2.45) is 4.99 Å². The van der Waals surface area contributed by atoms with Gasteiger partial charge in [0, 0.05) is 34.2 Å². The fraction of sp³-hybridized carbons (Fsp3) is 0.737. The van der Waals surface area contributed by atoms with Gasteiger partial charge in [0.05, 0.1) is 5.16 Å². The van der Waals surface area contributed by atoms with Gasteiger partial charge in [-0.25, -0.2) is 4.99 Å². The monoisotopic (exact) mass is 431 g/mol. The molecule has 0 heterocycles. The minimum absolute atomic E-state index is 0.245. The molecule has 0 bridgehead atoms. The van der Waals surface area contributed by atoms with Crippen molar-refractivity contribution >= 4 is 41.3 Å². The molecule has 0 aromatic rings. The lowest BCUT2D eigenvalue weighted by molar-refractivity contribution is -0.199. The zero-order valence-corrected chi connectivity index (χ0v) is 18.3. The summed E-state index contributed by atoms with van der Waals surface area (Å²) in [4.78, 5) is 50.5. The standard InChI is InChI=1S/C19H29NO8S/c1-6-8-16(25-12(2)21)18(27-14(4)23)19(28-15(5)24)17(26-13(3)22)9-7-10-20-11-29/h16-19H,6-10H2,1-5H3. The predicted molar refractivity (Wildman–Crippen MR) is 106 cm³/mol. The average Bonchev–Trinajstić information content (AvgIpc) is 2.59. The van der Waals surface area contributed by atoms with E-state index < -0.39 is 48.3 Å². The van der Waals surface area contributed by atoms with Crippen LogP contribution in [-0.4, -0.2) is 60.0 Å². The SMILES string of the molecule is CCCC(OC(C)=O)C(OC(C)=O)C(OC(C)=O)C(CCCN=C=S)OC(C)=O. The number of hydrogen-bond donors (Lipinski definition) is 0. The minimum Gasteiger partial charge on any atom is -0.458 e. The summed E-state index contributed by atoms with van der Waals surface area (Å²) in [5.41, 5.74) is 0. The Morgan fingerprint density at radius 2 is 1.21 bits per heavy atom. The van der Waals surface area contributed by atoms with E-state index in [0.29, 0.717) is 25.8 Å². The number of carbonyl (C=O) groups excluding carboxylic acids is 4. The van der Waals surface area contributed by atoms with Crippen LogP contribution in [0.25, 0.3) is 0 Å². The molecule has 4 atom stereocenters. The van der Waals surface area contributed by atoms with Gasteiger partial charge in [-0.3, -0.25) is 19.2 Å². The molecule has 29 heavy (non-hydrogen) atoms. The number of aliphatic imine (C=N–C) groups is 1. The Hall–Kier alpha value is -2.32. The van der Waals surface area contributed by atoms with Crippen molar-refractivity contribution in [1.82, 2.24) is 0 Å². The van der Waals surface area contributed by atoms with Crippen molar-refractivity contribution in [2.45, 2.75) is 84.7 Å². The quantitative estimate of drug-likeness (QED) is 0.142. The number of isothiocyanates is 1. The van der Waals surface area contributed by atoms with Crippen LogP contribution in [0.3, 0.4) is 0 Å². The Balaban J connectivity index is 6.00. The van der Waals surface area contributed by atoms with E-state index in [1.807, 2.05) is 6.92 Å². The summed E-state index contributed by atoms with van der Waals surface area (Å²) in [5, 5.41) is 2.24. The van der Waals surface area contributed by atoms with Gasteiger partial charge in [0.15, 0.2) is 12.2 Å². The number of hydrogen-bond acceptors (Lipinski definition) is 10. The number of ether oxygens (including phenoxy) is 4. The second-order valence-electron chi connectivity index (χ2n) is 6.35. The van der Waals surface area contributed by atoms with Gasteiger partial charge in [-0.1, -0.05) is 13.3 Å². The molecule has 0 radical (unpaired) electrons. The Morgan fingerprint density at radius 1 is 0.793 bits per heavy atom. The highest BCUT2D eigenvalue weighted by molar-refractivity contribution is 7.78. The van der Waals surface area contributed by atoms with Crippen LogP contribution in [0.1, 0.15) is 60.3 Å². The van der Waals surface area contributed by atoms with Crippen molar-refractivity contribution in [1.29, 1.82) is 0 Å². The van der Waals surface area contributed by atoms with Crippen LogP contribution in [0.15, 0.2) is 4.99 Å². The van der Waals surface area contributed by atoms with Gasteiger partial charge in [0.2, 0.25) is 0 Å². The van der Waals surface area contributed by atoms with E-state index in [2.05, 4.69) is 22.4 Å². The molecule has 0 N–H and O–H groups in total. The van der Waals surface area contributed by atoms with Crippen molar-refractivity contribution in [2.75, 3.05) is 6.54 Å². The first-order chi connectivity index (χ1) is 13.6. The molecule has 0 aromatic heterocycles. The number of esters is 4. The molecule has 9 nitrogen and oxygen atoms in total. The molecule has 0 rings (SSSR count).